The summed E-state index contributed by atoms with van der Waals surface area (Å²) in [6.45, 7) is 5.57. The third kappa shape index (κ3) is 8.42. The highest BCUT2D eigenvalue weighted by Gasteiger charge is 2.15. The van der Waals surface area contributed by atoms with Crippen LogP contribution < -0.4 is 10.6 Å². The van der Waals surface area contributed by atoms with Gasteiger partial charge in [-0.2, -0.15) is 11.8 Å². The molecule has 1 fully saturated rings. The van der Waals surface area contributed by atoms with Crippen molar-refractivity contribution >= 4 is 41.7 Å². The highest BCUT2D eigenvalue weighted by molar-refractivity contribution is 14.0. The standard InChI is InChI=1S/C12H25N3OS.HI/c1-3-16-8-5-7-14-12(13-2)15-10-11-6-4-9-17-11;/h11H,3-10H2,1-2H3,(H2,13,14,15);1H. The van der Waals surface area contributed by atoms with Crippen LogP contribution in [0.5, 0.6) is 0 Å². The Labute approximate surface area is 132 Å². The molecule has 1 unspecified atom stereocenters. The molecule has 0 radical (unpaired) electrons. The molecule has 0 aromatic rings. The van der Waals surface area contributed by atoms with Gasteiger partial charge >= 0.3 is 0 Å². The van der Waals surface area contributed by atoms with Gasteiger partial charge in [-0.15, -0.1) is 24.0 Å². The van der Waals surface area contributed by atoms with Crippen LogP contribution in [0.3, 0.4) is 0 Å². The molecule has 2 N–H and O–H groups in total. The summed E-state index contributed by atoms with van der Waals surface area (Å²) >= 11 is 2.06. The van der Waals surface area contributed by atoms with Gasteiger partial charge in [0, 0.05) is 38.6 Å². The molecule has 1 heterocycles. The minimum Gasteiger partial charge on any atom is -0.382 e. The van der Waals surface area contributed by atoms with E-state index in [0.717, 1.165) is 43.9 Å². The van der Waals surface area contributed by atoms with Crippen LogP contribution in [-0.4, -0.2) is 50.3 Å². The molecule has 1 rings (SSSR count). The van der Waals surface area contributed by atoms with E-state index in [0.29, 0.717) is 0 Å². The number of hydrogen-bond donors (Lipinski definition) is 2. The highest BCUT2D eigenvalue weighted by atomic mass is 127. The summed E-state index contributed by atoms with van der Waals surface area (Å²) in [7, 11) is 1.82. The first-order valence-corrected chi connectivity index (χ1v) is 7.55. The van der Waals surface area contributed by atoms with Crippen LogP contribution in [0.1, 0.15) is 26.2 Å². The van der Waals surface area contributed by atoms with Gasteiger partial charge in [-0.05, 0) is 31.9 Å². The van der Waals surface area contributed by atoms with Crippen molar-refractivity contribution in [2.24, 2.45) is 4.99 Å². The van der Waals surface area contributed by atoms with E-state index < -0.39 is 0 Å². The molecule has 18 heavy (non-hydrogen) atoms. The van der Waals surface area contributed by atoms with E-state index in [2.05, 4.69) is 27.4 Å². The molecule has 1 aliphatic heterocycles. The van der Waals surface area contributed by atoms with Gasteiger partial charge in [0.2, 0.25) is 0 Å². The summed E-state index contributed by atoms with van der Waals surface area (Å²) in [5.74, 6) is 2.22. The van der Waals surface area contributed by atoms with E-state index >= 15 is 0 Å². The number of nitrogens with zero attached hydrogens (tertiary/aromatic N) is 1. The average Bonchev–Trinajstić information content (AvgIpc) is 2.86. The summed E-state index contributed by atoms with van der Waals surface area (Å²) < 4.78 is 5.29. The number of ether oxygens (including phenoxy) is 1. The van der Waals surface area contributed by atoms with Crippen molar-refractivity contribution in [3.8, 4) is 0 Å². The number of hydrogen-bond acceptors (Lipinski definition) is 3. The lowest BCUT2D eigenvalue weighted by molar-refractivity contribution is 0.145. The molecule has 108 valence electrons. The lowest BCUT2D eigenvalue weighted by atomic mass is 10.2. The number of nitrogens with one attached hydrogen (secondary N) is 2. The Bertz CT molecular complexity index is 223. The van der Waals surface area contributed by atoms with E-state index in [9.17, 15) is 0 Å². The SMILES string of the molecule is CCOCCCNC(=NC)NCC1CCCS1.I. The van der Waals surface area contributed by atoms with Crippen LogP contribution in [-0.2, 0) is 4.74 Å². The van der Waals surface area contributed by atoms with Crippen molar-refractivity contribution < 1.29 is 4.74 Å². The van der Waals surface area contributed by atoms with Gasteiger partial charge in [0.05, 0.1) is 0 Å². The monoisotopic (exact) mass is 387 g/mol. The highest BCUT2D eigenvalue weighted by Crippen LogP contribution is 2.25. The maximum atomic E-state index is 5.29. The van der Waals surface area contributed by atoms with Crippen LogP contribution in [0.2, 0.25) is 0 Å². The van der Waals surface area contributed by atoms with Crippen molar-refractivity contribution in [2.75, 3.05) is 39.1 Å². The largest absolute Gasteiger partial charge is 0.382 e. The second-order valence-electron chi connectivity index (χ2n) is 4.07. The molecule has 0 amide bonds. The zero-order chi connectivity index (χ0) is 12.3. The summed E-state index contributed by atoms with van der Waals surface area (Å²) in [4.78, 5) is 4.21. The van der Waals surface area contributed by atoms with E-state index in [4.69, 9.17) is 4.74 Å². The van der Waals surface area contributed by atoms with Gasteiger partial charge in [-0.25, -0.2) is 0 Å². The topological polar surface area (TPSA) is 45.6 Å². The molecule has 1 aliphatic rings. The Morgan fingerprint density at radius 1 is 1.44 bits per heavy atom. The van der Waals surface area contributed by atoms with Crippen molar-refractivity contribution in [1.29, 1.82) is 0 Å². The summed E-state index contributed by atoms with van der Waals surface area (Å²) in [6.07, 6.45) is 3.71. The molecule has 0 bridgehead atoms. The maximum Gasteiger partial charge on any atom is 0.191 e. The smallest absolute Gasteiger partial charge is 0.191 e. The van der Waals surface area contributed by atoms with Gasteiger partial charge in [-0.3, -0.25) is 4.99 Å². The number of guanidine groups is 1. The third-order valence-electron chi connectivity index (χ3n) is 2.71. The van der Waals surface area contributed by atoms with Crippen LogP contribution >= 0.6 is 35.7 Å². The summed E-state index contributed by atoms with van der Waals surface area (Å²) in [5.41, 5.74) is 0. The van der Waals surface area contributed by atoms with E-state index in [-0.39, 0.29) is 24.0 Å². The fraction of sp³-hybridized carbons (Fsp3) is 0.917. The predicted molar refractivity (Wildman–Crippen MR) is 91.4 cm³/mol. The molecule has 1 saturated heterocycles. The van der Waals surface area contributed by atoms with Crippen molar-refractivity contribution in [2.45, 2.75) is 31.4 Å². The van der Waals surface area contributed by atoms with Gasteiger partial charge < -0.3 is 15.4 Å². The van der Waals surface area contributed by atoms with Crippen LogP contribution in [0, 0.1) is 0 Å². The molecule has 0 aliphatic carbocycles. The number of halogens is 1. The minimum atomic E-state index is 0. The van der Waals surface area contributed by atoms with E-state index in [1.54, 1.807) is 0 Å². The zero-order valence-corrected chi connectivity index (χ0v) is 14.6. The second-order valence-corrected chi connectivity index (χ2v) is 5.47. The van der Waals surface area contributed by atoms with Gasteiger partial charge in [0.1, 0.15) is 0 Å². The Kier molecular flexibility index (Phi) is 12.6. The number of rotatable bonds is 7. The predicted octanol–water partition coefficient (Wildman–Crippen LogP) is 2.09. The van der Waals surface area contributed by atoms with Crippen molar-refractivity contribution in [1.82, 2.24) is 10.6 Å². The fourth-order valence-electron chi connectivity index (χ4n) is 1.76. The first-order valence-electron chi connectivity index (χ1n) is 6.50. The van der Waals surface area contributed by atoms with E-state index in [1.807, 2.05) is 14.0 Å². The van der Waals surface area contributed by atoms with Crippen molar-refractivity contribution in [3.63, 3.8) is 0 Å². The van der Waals surface area contributed by atoms with Gasteiger partial charge in [0.25, 0.3) is 0 Å². The Morgan fingerprint density at radius 3 is 2.89 bits per heavy atom. The lowest BCUT2D eigenvalue weighted by Crippen LogP contribution is -2.40. The van der Waals surface area contributed by atoms with Crippen molar-refractivity contribution in [3.05, 3.63) is 0 Å². The third-order valence-corrected chi connectivity index (χ3v) is 4.10. The molecular formula is C12H26IN3OS. The number of thioether (sulfide) groups is 1. The molecular weight excluding hydrogens is 361 g/mol. The summed E-state index contributed by atoms with van der Waals surface area (Å²) in [6, 6.07) is 0. The average molecular weight is 387 g/mol. The molecule has 0 aromatic heterocycles. The first-order chi connectivity index (χ1) is 8.36. The minimum absolute atomic E-state index is 0. The lowest BCUT2D eigenvalue weighted by Gasteiger charge is -2.14. The molecule has 1 atom stereocenters. The molecule has 0 saturated carbocycles. The van der Waals surface area contributed by atoms with Gasteiger partial charge in [0.15, 0.2) is 5.96 Å². The van der Waals surface area contributed by atoms with Crippen LogP contribution in [0.25, 0.3) is 0 Å². The molecule has 6 heteroatoms. The Hall–Kier alpha value is 0.310. The maximum absolute atomic E-state index is 5.29. The van der Waals surface area contributed by atoms with E-state index in [1.165, 1.54) is 18.6 Å². The second kappa shape index (κ2) is 12.3. The quantitative estimate of drug-likeness (QED) is 0.304. The molecule has 0 aromatic carbocycles. The van der Waals surface area contributed by atoms with Gasteiger partial charge in [-0.1, -0.05) is 0 Å². The Morgan fingerprint density at radius 2 is 2.28 bits per heavy atom. The fourth-order valence-corrected chi connectivity index (χ4v) is 2.96. The normalized spacial score (nSPS) is 19.4. The first kappa shape index (κ1) is 18.3. The number of aliphatic imine (C=N–C) groups is 1. The Balaban J connectivity index is 0.00000289. The molecule has 0 spiro atoms. The zero-order valence-electron chi connectivity index (χ0n) is 11.4. The van der Waals surface area contributed by atoms with Crippen LogP contribution in [0.4, 0.5) is 0 Å². The summed E-state index contributed by atoms with van der Waals surface area (Å²) in [5, 5.41) is 7.44. The van der Waals surface area contributed by atoms with Crippen LogP contribution in [0.15, 0.2) is 4.99 Å². The molecule has 4 nitrogen and oxygen atoms in total.